The average molecular weight is 299 g/mol. The fourth-order valence-electron chi connectivity index (χ4n) is 1.62. The summed E-state index contributed by atoms with van der Waals surface area (Å²) in [5, 5.41) is 14.6. The second-order valence-corrected chi connectivity index (χ2v) is 4.22. The molecule has 0 saturated carbocycles. The molecule has 0 atom stereocenters. The Morgan fingerprint density at radius 3 is 2.59 bits per heavy atom. The number of nitrogens with zero attached hydrogens (tertiary/aromatic N) is 2. The molecule has 112 valence electrons. The molecule has 2 rings (SSSR count). The molecule has 7 nitrogen and oxygen atoms in total. The van der Waals surface area contributed by atoms with Crippen LogP contribution in [0.2, 0.25) is 0 Å². The Kier molecular flexibility index (Phi) is 5.20. The van der Waals surface area contributed by atoms with Crippen LogP contribution in [-0.4, -0.2) is 23.7 Å². The van der Waals surface area contributed by atoms with E-state index in [-0.39, 0.29) is 18.0 Å². The van der Waals surface area contributed by atoms with Crippen LogP contribution in [0.1, 0.15) is 5.56 Å². The molecule has 0 aromatic heterocycles. The van der Waals surface area contributed by atoms with Gasteiger partial charge >= 0.3 is 5.69 Å². The Morgan fingerprint density at radius 1 is 1.18 bits per heavy atom. The molecule has 0 aliphatic rings. The number of rotatable bonds is 6. The normalized spacial score (nSPS) is 10.4. The number of nitrogens with one attached hydrogen (secondary N) is 1. The summed E-state index contributed by atoms with van der Waals surface area (Å²) in [5.41, 5.74) is 2.93. The van der Waals surface area contributed by atoms with E-state index in [1.807, 2.05) is 30.3 Å². The van der Waals surface area contributed by atoms with E-state index in [4.69, 9.17) is 4.74 Å². The van der Waals surface area contributed by atoms with Crippen LogP contribution in [-0.2, 0) is 4.79 Å². The van der Waals surface area contributed by atoms with Crippen molar-refractivity contribution in [1.29, 1.82) is 0 Å². The maximum atomic E-state index is 11.6. The lowest BCUT2D eigenvalue weighted by atomic mass is 10.2. The number of ether oxygens (including phenoxy) is 1. The van der Waals surface area contributed by atoms with Gasteiger partial charge in [-0.1, -0.05) is 42.5 Å². The van der Waals surface area contributed by atoms with Crippen LogP contribution in [0.3, 0.4) is 0 Å². The number of carbonyl (C=O) groups excluding carboxylic acids is 1. The van der Waals surface area contributed by atoms with Gasteiger partial charge in [-0.3, -0.25) is 14.9 Å². The summed E-state index contributed by atoms with van der Waals surface area (Å²) in [7, 11) is 0. The third-order valence-corrected chi connectivity index (χ3v) is 2.62. The minimum Gasteiger partial charge on any atom is -0.477 e. The number of hydrogen-bond donors (Lipinski definition) is 1. The van der Waals surface area contributed by atoms with Crippen LogP contribution in [0.5, 0.6) is 5.75 Å². The summed E-state index contributed by atoms with van der Waals surface area (Å²) in [6, 6.07) is 15.1. The second-order valence-electron chi connectivity index (χ2n) is 4.22. The van der Waals surface area contributed by atoms with Crippen LogP contribution in [0.4, 0.5) is 5.69 Å². The van der Waals surface area contributed by atoms with E-state index in [0.29, 0.717) is 0 Å². The first kappa shape index (κ1) is 15.2. The summed E-state index contributed by atoms with van der Waals surface area (Å²) in [6.07, 6.45) is 1.49. The van der Waals surface area contributed by atoms with E-state index in [1.54, 1.807) is 6.07 Å². The third kappa shape index (κ3) is 4.41. The SMILES string of the molecule is O=C(COc1ccccc1[N+](=O)[O-])N/N=C\c1ccccc1. The van der Waals surface area contributed by atoms with Crippen LogP contribution in [0.25, 0.3) is 0 Å². The van der Waals surface area contributed by atoms with Gasteiger partial charge in [0.1, 0.15) is 0 Å². The number of benzene rings is 2. The highest BCUT2D eigenvalue weighted by molar-refractivity contribution is 5.82. The molecule has 0 heterocycles. The molecule has 2 aromatic rings. The van der Waals surface area contributed by atoms with Gasteiger partial charge in [-0.25, -0.2) is 5.43 Å². The summed E-state index contributed by atoms with van der Waals surface area (Å²) in [6.45, 7) is -0.364. The zero-order valence-electron chi connectivity index (χ0n) is 11.5. The molecule has 0 bridgehead atoms. The van der Waals surface area contributed by atoms with Crippen molar-refractivity contribution in [1.82, 2.24) is 5.43 Å². The maximum Gasteiger partial charge on any atom is 0.310 e. The van der Waals surface area contributed by atoms with Crippen molar-refractivity contribution in [3.8, 4) is 5.75 Å². The molecule has 0 saturated heterocycles. The van der Waals surface area contributed by atoms with Gasteiger partial charge in [-0.15, -0.1) is 0 Å². The number of amides is 1. The molecule has 2 aromatic carbocycles. The Bertz CT molecular complexity index is 686. The van der Waals surface area contributed by atoms with Crippen molar-refractivity contribution in [3.63, 3.8) is 0 Å². The molecule has 0 aliphatic carbocycles. The molecule has 1 amide bonds. The van der Waals surface area contributed by atoms with Gasteiger partial charge in [0.2, 0.25) is 0 Å². The molecule has 7 heteroatoms. The molecule has 22 heavy (non-hydrogen) atoms. The fraction of sp³-hybridized carbons (Fsp3) is 0.0667. The van der Waals surface area contributed by atoms with E-state index in [9.17, 15) is 14.9 Å². The predicted octanol–water partition coefficient (Wildman–Crippen LogP) is 2.12. The van der Waals surface area contributed by atoms with Gasteiger partial charge in [-0.2, -0.15) is 5.10 Å². The van der Waals surface area contributed by atoms with Gasteiger partial charge in [0.05, 0.1) is 11.1 Å². The zero-order valence-corrected chi connectivity index (χ0v) is 11.5. The Balaban J connectivity index is 1.86. The summed E-state index contributed by atoms with van der Waals surface area (Å²) < 4.78 is 5.14. The fourth-order valence-corrected chi connectivity index (χ4v) is 1.62. The van der Waals surface area contributed by atoms with E-state index in [2.05, 4.69) is 10.5 Å². The largest absolute Gasteiger partial charge is 0.477 e. The summed E-state index contributed by atoms with van der Waals surface area (Å²) in [5.74, 6) is -0.472. The van der Waals surface area contributed by atoms with E-state index in [1.165, 1.54) is 24.4 Å². The molecular formula is C15H13N3O4. The number of para-hydroxylation sites is 2. The number of hydrogen-bond acceptors (Lipinski definition) is 5. The topological polar surface area (TPSA) is 93.8 Å². The van der Waals surface area contributed by atoms with Crippen molar-refractivity contribution >= 4 is 17.8 Å². The highest BCUT2D eigenvalue weighted by Gasteiger charge is 2.14. The van der Waals surface area contributed by atoms with Crippen molar-refractivity contribution < 1.29 is 14.5 Å². The molecule has 0 aliphatic heterocycles. The first-order valence-corrected chi connectivity index (χ1v) is 6.40. The minimum absolute atomic E-state index is 0.0367. The molecule has 1 N–H and O–H groups in total. The van der Waals surface area contributed by atoms with Gasteiger partial charge in [0.25, 0.3) is 5.91 Å². The predicted molar refractivity (Wildman–Crippen MR) is 80.8 cm³/mol. The first-order valence-electron chi connectivity index (χ1n) is 6.40. The number of hydrazone groups is 1. The van der Waals surface area contributed by atoms with Crippen LogP contribution in [0, 0.1) is 10.1 Å². The lowest BCUT2D eigenvalue weighted by Crippen LogP contribution is -2.24. The number of carbonyl (C=O) groups is 1. The third-order valence-electron chi connectivity index (χ3n) is 2.62. The molecule has 0 spiro atoms. The molecule has 0 radical (unpaired) electrons. The molecular weight excluding hydrogens is 286 g/mol. The number of nitro benzene ring substituents is 1. The van der Waals surface area contributed by atoms with Crippen LogP contribution < -0.4 is 10.2 Å². The van der Waals surface area contributed by atoms with Gasteiger partial charge < -0.3 is 4.74 Å². The van der Waals surface area contributed by atoms with Crippen molar-refractivity contribution in [2.45, 2.75) is 0 Å². The van der Waals surface area contributed by atoms with Gasteiger partial charge in [-0.05, 0) is 11.6 Å². The van der Waals surface area contributed by atoms with Crippen molar-refractivity contribution in [2.24, 2.45) is 5.10 Å². The smallest absolute Gasteiger partial charge is 0.310 e. The highest BCUT2D eigenvalue weighted by atomic mass is 16.6. The second kappa shape index (κ2) is 7.53. The average Bonchev–Trinajstić information content (AvgIpc) is 2.54. The van der Waals surface area contributed by atoms with Crippen LogP contribution >= 0.6 is 0 Å². The van der Waals surface area contributed by atoms with Gasteiger partial charge in [0.15, 0.2) is 12.4 Å². The van der Waals surface area contributed by atoms with E-state index < -0.39 is 10.8 Å². The highest BCUT2D eigenvalue weighted by Crippen LogP contribution is 2.25. The summed E-state index contributed by atoms with van der Waals surface area (Å²) in [4.78, 5) is 21.8. The Morgan fingerprint density at radius 2 is 1.86 bits per heavy atom. The van der Waals surface area contributed by atoms with E-state index in [0.717, 1.165) is 5.56 Å². The standard InChI is InChI=1S/C15H13N3O4/c19-15(17-16-10-12-6-2-1-3-7-12)11-22-14-9-5-4-8-13(14)18(20)21/h1-10H,11H2,(H,17,19)/b16-10-. The quantitative estimate of drug-likeness (QED) is 0.502. The Hall–Kier alpha value is -3.22. The molecule has 0 unspecified atom stereocenters. The minimum atomic E-state index is -0.569. The lowest BCUT2D eigenvalue weighted by molar-refractivity contribution is -0.385. The van der Waals surface area contributed by atoms with E-state index >= 15 is 0 Å². The Labute approximate surface area is 126 Å². The van der Waals surface area contributed by atoms with Crippen molar-refractivity contribution in [3.05, 3.63) is 70.3 Å². The number of nitro groups is 1. The molecule has 0 fully saturated rings. The van der Waals surface area contributed by atoms with Gasteiger partial charge in [0, 0.05) is 6.07 Å². The summed E-state index contributed by atoms with van der Waals surface area (Å²) >= 11 is 0. The monoisotopic (exact) mass is 299 g/mol. The lowest BCUT2D eigenvalue weighted by Gasteiger charge is -2.05. The maximum absolute atomic E-state index is 11.6. The van der Waals surface area contributed by atoms with Crippen molar-refractivity contribution in [2.75, 3.05) is 6.61 Å². The van der Waals surface area contributed by atoms with Crippen LogP contribution in [0.15, 0.2) is 59.7 Å². The first-order chi connectivity index (χ1) is 10.7. The zero-order chi connectivity index (χ0) is 15.8.